The first-order valence-corrected chi connectivity index (χ1v) is 6.13. The maximum Gasteiger partial charge on any atom is 0.323 e. The van der Waals surface area contributed by atoms with Crippen LogP contribution in [0.25, 0.3) is 0 Å². The molecule has 104 valence electrons. The molecule has 0 spiro atoms. The SMILES string of the molecule is N[C@@H](Cc1cncn1C=O)C(=O)OCc1ccccc1. The van der Waals surface area contributed by atoms with Gasteiger partial charge in [-0.15, -0.1) is 0 Å². The van der Waals surface area contributed by atoms with Gasteiger partial charge < -0.3 is 10.5 Å². The normalized spacial score (nSPS) is 11.8. The molecule has 6 heteroatoms. The van der Waals surface area contributed by atoms with Gasteiger partial charge in [0, 0.05) is 18.3 Å². The van der Waals surface area contributed by atoms with Crippen molar-refractivity contribution in [3.63, 3.8) is 0 Å². The van der Waals surface area contributed by atoms with Gasteiger partial charge in [-0.05, 0) is 5.56 Å². The van der Waals surface area contributed by atoms with E-state index in [0.717, 1.165) is 5.56 Å². The third kappa shape index (κ3) is 3.52. The summed E-state index contributed by atoms with van der Waals surface area (Å²) in [4.78, 5) is 26.3. The number of rotatable bonds is 6. The number of imidazole rings is 1. The van der Waals surface area contributed by atoms with E-state index in [1.165, 1.54) is 17.1 Å². The van der Waals surface area contributed by atoms with Gasteiger partial charge in [0.15, 0.2) is 0 Å². The van der Waals surface area contributed by atoms with Crippen LogP contribution in [-0.2, 0) is 27.4 Å². The predicted molar refractivity (Wildman–Crippen MR) is 72.3 cm³/mol. The Hall–Kier alpha value is -2.47. The van der Waals surface area contributed by atoms with E-state index in [-0.39, 0.29) is 13.0 Å². The number of carbonyl (C=O) groups is 2. The first-order valence-electron chi connectivity index (χ1n) is 6.13. The van der Waals surface area contributed by atoms with Crippen molar-refractivity contribution < 1.29 is 14.3 Å². The van der Waals surface area contributed by atoms with Crippen LogP contribution < -0.4 is 5.73 Å². The van der Waals surface area contributed by atoms with Crippen LogP contribution in [0, 0.1) is 0 Å². The molecule has 1 aromatic carbocycles. The quantitative estimate of drug-likeness (QED) is 0.613. The monoisotopic (exact) mass is 273 g/mol. The lowest BCUT2D eigenvalue weighted by Crippen LogP contribution is -2.35. The lowest BCUT2D eigenvalue weighted by Gasteiger charge is -2.11. The summed E-state index contributed by atoms with van der Waals surface area (Å²) in [6, 6.07) is 8.52. The van der Waals surface area contributed by atoms with E-state index >= 15 is 0 Å². The zero-order chi connectivity index (χ0) is 14.4. The van der Waals surface area contributed by atoms with Gasteiger partial charge in [-0.2, -0.15) is 0 Å². The van der Waals surface area contributed by atoms with Crippen molar-refractivity contribution in [3.8, 4) is 0 Å². The van der Waals surface area contributed by atoms with Gasteiger partial charge in [0.25, 0.3) is 0 Å². The molecule has 0 saturated carbocycles. The second-order valence-electron chi connectivity index (χ2n) is 4.30. The fourth-order valence-electron chi connectivity index (χ4n) is 1.73. The van der Waals surface area contributed by atoms with Crippen LogP contribution in [0.3, 0.4) is 0 Å². The maximum atomic E-state index is 11.8. The first-order chi connectivity index (χ1) is 9.70. The van der Waals surface area contributed by atoms with Gasteiger partial charge in [-0.25, -0.2) is 4.98 Å². The van der Waals surface area contributed by atoms with Crippen LogP contribution in [0.15, 0.2) is 42.9 Å². The molecule has 6 nitrogen and oxygen atoms in total. The molecule has 0 radical (unpaired) electrons. The van der Waals surface area contributed by atoms with E-state index in [1.54, 1.807) is 0 Å². The third-order valence-corrected chi connectivity index (χ3v) is 2.82. The lowest BCUT2D eigenvalue weighted by atomic mass is 10.2. The van der Waals surface area contributed by atoms with Crippen molar-refractivity contribution in [2.45, 2.75) is 19.1 Å². The molecular formula is C14H15N3O3. The molecule has 2 N–H and O–H groups in total. The second-order valence-corrected chi connectivity index (χ2v) is 4.30. The summed E-state index contributed by atoms with van der Waals surface area (Å²) in [6.07, 6.45) is 3.68. The Morgan fingerprint density at radius 3 is 2.85 bits per heavy atom. The third-order valence-electron chi connectivity index (χ3n) is 2.82. The number of esters is 1. The van der Waals surface area contributed by atoms with Crippen molar-refractivity contribution in [1.82, 2.24) is 9.55 Å². The summed E-state index contributed by atoms with van der Waals surface area (Å²) in [6.45, 7) is 0.181. The highest BCUT2D eigenvalue weighted by Crippen LogP contribution is 2.05. The average Bonchev–Trinajstić information content (AvgIpc) is 2.93. The van der Waals surface area contributed by atoms with Gasteiger partial charge in [0.05, 0.1) is 0 Å². The summed E-state index contributed by atoms with van der Waals surface area (Å²) in [5.41, 5.74) is 7.23. The van der Waals surface area contributed by atoms with Crippen LogP contribution >= 0.6 is 0 Å². The zero-order valence-electron chi connectivity index (χ0n) is 10.8. The summed E-state index contributed by atoms with van der Waals surface area (Å²) >= 11 is 0. The standard InChI is InChI=1S/C14H15N3O3/c15-13(6-12-7-16-9-17(12)10-18)14(19)20-8-11-4-2-1-3-5-11/h1-5,7,9-10,13H,6,8,15H2/t13-/m0/s1. The van der Waals surface area contributed by atoms with Crippen LogP contribution in [0.5, 0.6) is 0 Å². The summed E-state index contributed by atoms with van der Waals surface area (Å²) in [5, 5.41) is 0. The predicted octanol–water partition coefficient (Wildman–Crippen LogP) is 0.535. The Kier molecular flexibility index (Phi) is 4.62. The molecule has 1 heterocycles. The second kappa shape index (κ2) is 6.63. The number of benzene rings is 1. The van der Waals surface area contributed by atoms with Gasteiger partial charge in [-0.1, -0.05) is 30.3 Å². The van der Waals surface area contributed by atoms with Gasteiger partial charge in [0.2, 0.25) is 6.41 Å². The molecule has 0 aliphatic carbocycles. The summed E-state index contributed by atoms with van der Waals surface area (Å²) < 4.78 is 6.41. The lowest BCUT2D eigenvalue weighted by molar-refractivity contribution is -0.146. The molecule has 2 rings (SSSR count). The fraction of sp³-hybridized carbons (Fsp3) is 0.214. The van der Waals surface area contributed by atoms with Crippen molar-refractivity contribution in [3.05, 3.63) is 54.1 Å². The van der Waals surface area contributed by atoms with Crippen LogP contribution in [-0.4, -0.2) is 28.0 Å². The molecule has 1 aromatic heterocycles. The molecule has 0 aliphatic rings. The highest BCUT2D eigenvalue weighted by Gasteiger charge is 2.17. The van der Waals surface area contributed by atoms with E-state index in [0.29, 0.717) is 12.1 Å². The fourth-order valence-corrected chi connectivity index (χ4v) is 1.73. The summed E-state index contributed by atoms with van der Waals surface area (Å²) in [7, 11) is 0. The van der Waals surface area contributed by atoms with E-state index in [9.17, 15) is 9.59 Å². The first kappa shape index (κ1) is 14.0. The molecule has 0 unspecified atom stereocenters. The number of hydrogen-bond acceptors (Lipinski definition) is 5. The van der Waals surface area contributed by atoms with Crippen molar-refractivity contribution in [2.75, 3.05) is 0 Å². The summed E-state index contributed by atoms with van der Waals surface area (Å²) in [5.74, 6) is -0.507. The van der Waals surface area contributed by atoms with E-state index in [1.807, 2.05) is 30.3 Å². The van der Waals surface area contributed by atoms with Gasteiger partial charge in [-0.3, -0.25) is 14.2 Å². The smallest absolute Gasteiger partial charge is 0.323 e. The zero-order valence-corrected chi connectivity index (χ0v) is 10.8. The van der Waals surface area contributed by atoms with E-state index in [2.05, 4.69) is 4.98 Å². The largest absolute Gasteiger partial charge is 0.460 e. The number of hydrogen-bond donors (Lipinski definition) is 1. The van der Waals surface area contributed by atoms with Crippen LogP contribution in [0.4, 0.5) is 0 Å². The topological polar surface area (TPSA) is 87.2 Å². The molecular weight excluding hydrogens is 258 g/mol. The highest BCUT2D eigenvalue weighted by molar-refractivity contribution is 5.76. The molecule has 0 amide bonds. The van der Waals surface area contributed by atoms with Gasteiger partial charge >= 0.3 is 5.97 Å². The molecule has 1 atom stereocenters. The van der Waals surface area contributed by atoms with Crippen LogP contribution in [0.2, 0.25) is 0 Å². The minimum absolute atomic E-state index is 0.181. The van der Waals surface area contributed by atoms with Crippen LogP contribution in [0.1, 0.15) is 11.3 Å². The number of nitrogens with two attached hydrogens (primary N) is 1. The number of nitrogens with zero attached hydrogens (tertiary/aromatic N) is 2. The Morgan fingerprint density at radius 2 is 2.15 bits per heavy atom. The van der Waals surface area contributed by atoms with E-state index < -0.39 is 12.0 Å². The van der Waals surface area contributed by atoms with Crippen molar-refractivity contribution in [2.24, 2.45) is 5.73 Å². The van der Waals surface area contributed by atoms with Crippen molar-refractivity contribution in [1.29, 1.82) is 0 Å². The molecule has 0 aliphatic heterocycles. The molecule has 0 bridgehead atoms. The maximum absolute atomic E-state index is 11.8. The number of ether oxygens (including phenoxy) is 1. The minimum atomic E-state index is -0.825. The Bertz CT molecular complexity index is 580. The molecule has 0 saturated heterocycles. The van der Waals surface area contributed by atoms with Gasteiger partial charge in [0.1, 0.15) is 19.0 Å². The molecule has 20 heavy (non-hydrogen) atoms. The number of carbonyl (C=O) groups excluding carboxylic acids is 2. The number of aromatic nitrogens is 2. The Morgan fingerprint density at radius 1 is 1.40 bits per heavy atom. The molecule has 2 aromatic rings. The van der Waals surface area contributed by atoms with E-state index in [4.69, 9.17) is 10.5 Å². The van der Waals surface area contributed by atoms with Crippen molar-refractivity contribution >= 4 is 12.4 Å². The average molecular weight is 273 g/mol. The minimum Gasteiger partial charge on any atom is -0.460 e. The highest BCUT2D eigenvalue weighted by atomic mass is 16.5. The Balaban J connectivity index is 1.88. The molecule has 0 fully saturated rings. The Labute approximate surface area is 116 Å².